The topological polar surface area (TPSA) is 60.9 Å². The van der Waals surface area contributed by atoms with Crippen LogP contribution in [0.25, 0.3) is 0 Å². The van der Waals surface area contributed by atoms with Gasteiger partial charge in [-0.15, -0.1) is 0 Å². The predicted octanol–water partition coefficient (Wildman–Crippen LogP) is 0.326. The van der Waals surface area contributed by atoms with Gasteiger partial charge < -0.3 is 14.7 Å². The molecule has 1 fully saturated rings. The molecule has 1 heterocycles. The molecule has 1 aliphatic heterocycles. The Morgan fingerprint density at radius 3 is 2.10 bits per heavy atom. The molecular weight excluding hydrogens is 258 g/mol. The summed E-state index contributed by atoms with van der Waals surface area (Å²) in [4.78, 5) is 40.1. The summed E-state index contributed by atoms with van der Waals surface area (Å²) >= 11 is 0. The molecule has 6 nitrogen and oxygen atoms in total. The van der Waals surface area contributed by atoms with E-state index >= 15 is 0 Å². The van der Waals surface area contributed by atoms with Crippen LogP contribution in [-0.2, 0) is 14.4 Å². The van der Waals surface area contributed by atoms with Crippen molar-refractivity contribution in [2.45, 2.75) is 33.1 Å². The summed E-state index contributed by atoms with van der Waals surface area (Å²) in [6, 6.07) is 0. The van der Waals surface area contributed by atoms with Crippen LogP contribution in [0.5, 0.6) is 0 Å². The second kappa shape index (κ2) is 7.87. The zero-order chi connectivity index (χ0) is 15.1. The lowest BCUT2D eigenvalue weighted by Crippen LogP contribution is -2.50. The Bertz CT molecular complexity index is 363. The Labute approximate surface area is 120 Å². The maximum absolute atomic E-state index is 12.0. The van der Waals surface area contributed by atoms with Crippen LogP contribution in [0.1, 0.15) is 33.1 Å². The second-order valence-corrected chi connectivity index (χ2v) is 5.23. The highest BCUT2D eigenvalue weighted by atomic mass is 16.2. The maximum atomic E-state index is 12.0. The Morgan fingerprint density at radius 1 is 1.05 bits per heavy atom. The lowest BCUT2D eigenvalue weighted by molar-refractivity contribution is -0.143. The average molecular weight is 283 g/mol. The van der Waals surface area contributed by atoms with E-state index < -0.39 is 0 Å². The van der Waals surface area contributed by atoms with Gasteiger partial charge in [-0.1, -0.05) is 13.3 Å². The molecule has 1 aliphatic rings. The van der Waals surface area contributed by atoms with Gasteiger partial charge in [0.1, 0.15) is 6.42 Å². The normalized spacial score (nSPS) is 15.2. The van der Waals surface area contributed by atoms with Crippen molar-refractivity contribution in [2.75, 3.05) is 39.8 Å². The average Bonchev–Trinajstić information content (AvgIpc) is 2.44. The van der Waals surface area contributed by atoms with Crippen LogP contribution in [0, 0.1) is 0 Å². The molecule has 0 aromatic carbocycles. The summed E-state index contributed by atoms with van der Waals surface area (Å²) in [7, 11) is 1.74. The molecule has 0 bridgehead atoms. The van der Waals surface area contributed by atoms with Crippen molar-refractivity contribution < 1.29 is 14.4 Å². The fraction of sp³-hybridized carbons (Fsp3) is 0.786. The fourth-order valence-corrected chi connectivity index (χ4v) is 2.17. The summed E-state index contributed by atoms with van der Waals surface area (Å²) < 4.78 is 0. The molecular formula is C14H25N3O3. The van der Waals surface area contributed by atoms with Crippen molar-refractivity contribution >= 4 is 17.7 Å². The third kappa shape index (κ3) is 4.83. The number of hydrogen-bond acceptors (Lipinski definition) is 3. The van der Waals surface area contributed by atoms with Crippen molar-refractivity contribution in [3.05, 3.63) is 0 Å². The quantitative estimate of drug-likeness (QED) is 0.683. The number of nitrogens with zero attached hydrogens (tertiary/aromatic N) is 3. The highest BCUT2D eigenvalue weighted by molar-refractivity contribution is 5.96. The van der Waals surface area contributed by atoms with E-state index in [0.29, 0.717) is 32.7 Å². The Kier molecular flexibility index (Phi) is 6.48. The standard InChI is InChI=1S/C14H25N3O3/c1-4-5-6-15(3)13(19)11-14(20)17-9-7-16(8-10-17)12(2)18/h4-11H2,1-3H3. The van der Waals surface area contributed by atoms with Crippen LogP contribution in [0.4, 0.5) is 0 Å². The number of amides is 3. The van der Waals surface area contributed by atoms with Crippen LogP contribution < -0.4 is 0 Å². The summed E-state index contributed by atoms with van der Waals surface area (Å²) in [5.74, 6) is -0.230. The van der Waals surface area contributed by atoms with Gasteiger partial charge in [0.15, 0.2) is 0 Å². The van der Waals surface area contributed by atoms with E-state index in [0.717, 1.165) is 12.8 Å². The molecule has 0 atom stereocenters. The van der Waals surface area contributed by atoms with E-state index in [2.05, 4.69) is 6.92 Å². The Morgan fingerprint density at radius 2 is 1.60 bits per heavy atom. The van der Waals surface area contributed by atoms with E-state index in [1.807, 2.05) is 0 Å². The maximum Gasteiger partial charge on any atom is 0.232 e. The van der Waals surface area contributed by atoms with Gasteiger partial charge in [0.2, 0.25) is 17.7 Å². The van der Waals surface area contributed by atoms with Crippen LogP contribution in [0.15, 0.2) is 0 Å². The van der Waals surface area contributed by atoms with E-state index in [9.17, 15) is 14.4 Å². The number of rotatable bonds is 5. The Balaban J connectivity index is 2.36. The SMILES string of the molecule is CCCCN(C)C(=O)CC(=O)N1CCN(C(C)=O)CC1. The molecule has 0 aromatic rings. The first-order chi connectivity index (χ1) is 9.45. The minimum atomic E-state index is -0.137. The van der Waals surface area contributed by atoms with Gasteiger partial charge in [-0.2, -0.15) is 0 Å². The predicted molar refractivity (Wildman–Crippen MR) is 76.0 cm³/mol. The molecule has 1 saturated heterocycles. The minimum Gasteiger partial charge on any atom is -0.345 e. The number of carbonyl (C=O) groups is 3. The monoisotopic (exact) mass is 283 g/mol. The first-order valence-corrected chi connectivity index (χ1v) is 7.23. The van der Waals surface area contributed by atoms with Crippen molar-refractivity contribution in [1.82, 2.24) is 14.7 Å². The van der Waals surface area contributed by atoms with Gasteiger partial charge in [0.25, 0.3) is 0 Å². The van der Waals surface area contributed by atoms with Crippen molar-refractivity contribution in [2.24, 2.45) is 0 Å². The van der Waals surface area contributed by atoms with Gasteiger partial charge >= 0.3 is 0 Å². The highest BCUT2D eigenvalue weighted by Gasteiger charge is 2.24. The molecule has 0 radical (unpaired) electrons. The molecule has 0 spiro atoms. The van der Waals surface area contributed by atoms with Crippen LogP contribution in [0.2, 0.25) is 0 Å². The van der Waals surface area contributed by atoms with E-state index in [1.54, 1.807) is 21.7 Å². The van der Waals surface area contributed by atoms with E-state index in [-0.39, 0.29) is 24.1 Å². The molecule has 20 heavy (non-hydrogen) atoms. The molecule has 6 heteroatoms. The molecule has 1 rings (SSSR count). The summed E-state index contributed by atoms with van der Waals surface area (Å²) in [5, 5.41) is 0. The first kappa shape index (κ1) is 16.5. The Hall–Kier alpha value is -1.59. The molecule has 3 amide bonds. The highest BCUT2D eigenvalue weighted by Crippen LogP contribution is 2.05. The zero-order valence-electron chi connectivity index (χ0n) is 12.7. The lowest BCUT2D eigenvalue weighted by atomic mass is 10.2. The van der Waals surface area contributed by atoms with Gasteiger partial charge in [-0.05, 0) is 6.42 Å². The number of unbranched alkanes of at least 4 members (excludes halogenated alkanes) is 1. The molecule has 0 unspecified atom stereocenters. The zero-order valence-corrected chi connectivity index (χ0v) is 12.7. The van der Waals surface area contributed by atoms with Gasteiger partial charge in [0.05, 0.1) is 0 Å². The molecule has 0 aliphatic carbocycles. The van der Waals surface area contributed by atoms with Crippen molar-refractivity contribution in [1.29, 1.82) is 0 Å². The largest absolute Gasteiger partial charge is 0.345 e. The summed E-state index contributed by atoms with van der Waals surface area (Å²) in [6.45, 7) is 6.44. The third-order valence-electron chi connectivity index (χ3n) is 3.65. The summed E-state index contributed by atoms with van der Waals surface area (Å²) in [5.41, 5.74) is 0. The van der Waals surface area contributed by atoms with E-state index in [4.69, 9.17) is 0 Å². The summed E-state index contributed by atoms with van der Waals surface area (Å²) in [6.07, 6.45) is 1.91. The minimum absolute atomic E-state index is 0.0347. The fourth-order valence-electron chi connectivity index (χ4n) is 2.17. The first-order valence-electron chi connectivity index (χ1n) is 7.23. The molecule has 0 aromatic heterocycles. The van der Waals surface area contributed by atoms with Crippen LogP contribution in [0.3, 0.4) is 0 Å². The van der Waals surface area contributed by atoms with Gasteiger partial charge in [0, 0.05) is 46.7 Å². The number of carbonyl (C=O) groups excluding carboxylic acids is 3. The van der Waals surface area contributed by atoms with Gasteiger partial charge in [-0.25, -0.2) is 0 Å². The smallest absolute Gasteiger partial charge is 0.232 e. The third-order valence-corrected chi connectivity index (χ3v) is 3.65. The number of hydrogen-bond donors (Lipinski definition) is 0. The van der Waals surface area contributed by atoms with Crippen LogP contribution in [-0.4, -0.2) is 72.2 Å². The van der Waals surface area contributed by atoms with Crippen molar-refractivity contribution in [3.63, 3.8) is 0 Å². The molecule has 114 valence electrons. The van der Waals surface area contributed by atoms with Crippen LogP contribution >= 0.6 is 0 Å². The van der Waals surface area contributed by atoms with E-state index in [1.165, 1.54) is 6.92 Å². The van der Waals surface area contributed by atoms with Gasteiger partial charge in [-0.3, -0.25) is 14.4 Å². The molecule has 0 N–H and O–H groups in total. The second-order valence-electron chi connectivity index (χ2n) is 5.23. The van der Waals surface area contributed by atoms with Crippen molar-refractivity contribution in [3.8, 4) is 0 Å². The number of piperazine rings is 1. The molecule has 0 saturated carbocycles. The lowest BCUT2D eigenvalue weighted by Gasteiger charge is -2.34.